The second-order valence-electron chi connectivity index (χ2n) is 5.87. The molecule has 126 valence electrons. The molecule has 0 radical (unpaired) electrons. The summed E-state index contributed by atoms with van der Waals surface area (Å²) in [7, 11) is 1.61. The highest BCUT2D eigenvalue weighted by Crippen LogP contribution is 2.28. The van der Waals surface area contributed by atoms with Crippen molar-refractivity contribution in [3.05, 3.63) is 42.4 Å². The Bertz CT molecular complexity index is 720. The minimum absolute atomic E-state index is 0.108. The van der Waals surface area contributed by atoms with Gasteiger partial charge in [0.2, 0.25) is 11.8 Å². The number of nitrogens with zero attached hydrogens (tertiary/aromatic N) is 3. The van der Waals surface area contributed by atoms with Crippen LogP contribution in [0.25, 0.3) is 0 Å². The maximum absolute atomic E-state index is 11.6. The average molecular weight is 327 g/mol. The number of hydrogen-bond acceptors (Lipinski definition) is 5. The smallest absolute Gasteiger partial charge is 0.238 e. The van der Waals surface area contributed by atoms with E-state index in [-0.39, 0.29) is 11.8 Å². The summed E-state index contributed by atoms with van der Waals surface area (Å²) in [5.41, 5.74) is 0.862. The SMILES string of the molecule is COc1cccc(Oc2cncc([C@@H]3CCCN(C(C)=O)C3)n2)c1. The third kappa shape index (κ3) is 3.82. The van der Waals surface area contributed by atoms with E-state index in [2.05, 4.69) is 9.97 Å². The lowest BCUT2D eigenvalue weighted by Crippen LogP contribution is -2.37. The van der Waals surface area contributed by atoms with E-state index in [4.69, 9.17) is 9.47 Å². The van der Waals surface area contributed by atoms with Gasteiger partial charge in [-0.2, -0.15) is 0 Å². The molecule has 1 atom stereocenters. The molecule has 3 rings (SSSR count). The van der Waals surface area contributed by atoms with E-state index in [9.17, 15) is 4.79 Å². The molecule has 1 amide bonds. The van der Waals surface area contributed by atoms with Crippen molar-refractivity contribution in [2.24, 2.45) is 0 Å². The Hall–Kier alpha value is -2.63. The van der Waals surface area contributed by atoms with Crippen LogP contribution in [0.2, 0.25) is 0 Å². The monoisotopic (exact) mass is 327 g/mol. The molecule has 6 nitrogen and oxygen atoms in total. The van der Waals surface area contributed by atoms with Crippen LogP contribution in [0.5, 0.6) is 17.4 Å². The molecular weight excluding hydrogens is 306 g/mol. The molecule has 2 heterocycles. The third-order valence-corrected chi connectivity index (χ3v) is 4.18. The van der Waals surface area contributed by atoms with Crippen molar-refractivity contribution in [2.75, 3.05) is 20.2 Å². The highest BCUT2D eigenvalue weighted by atomic mass is 16.5. The zero-order valence-corrected chi connectivity index (χ0v) is 13.9. The first-order valence-corrected chi connectivity index (χ1v) is 8.05. The lowest BCUT2D eigenvalue weighted by atomic mass is 9.95. The first-order valence-electron chi connectivity index (χ1n) is 8.05. The van der Waals surface area contributed by atoms with E-state index in [1.807, 2.05) is 23.1 Å². The summed E-state index contributed by atoms with van der Waals surface area (Å²) in [5.74, 6) is 2.12. The lowest BCUT2D eigenvalue weighted by molar-refractivity contribution is -0.130. The van der Waals surface area contributed by atoms with Crippen molar-refractivity contribution >= 4 is 5.91 Å². The van der Waals surface area contributed by atoms with Gasteiger partial charge < -0.3 is 14.4 Å². The fourth-order valence-corrected chi connectivity index (χ4v) is 2.90. The highest BCUT2D eigenvalue weighted by molar-refractivity contribution is 5.73. The minimum Gasteiger partial charge on any atom is -0.497 e. The molecule has 6 heteroatoms. The van der Waals surface area contributed by atoms with Crippen LogP contribution in [-0.2, 0) is 4.79 Å². The van der Waals surface area contributed by atoms with Crippen LogP contribution in [0.15, 0.2) is 36.7 Å². The molecule has 0 bridgehead atoms. The molecule has 24 heavy (non-hydrogen) atoms. The summed E-state index contributed by atoms with van der Waals surface area (Å²) < 4.78 is 11.0. The second kappa shape index (κ2) is 7.29. The maximum Gasteiger partial charge on any atom is 0.238 e. The number of benzene rings is 1. The Balaban J connectivity index is 1.75. The van der Waals surface area contributed by atoms with Gasteiger partial charge >= 0.3 is 0 Å². The summed E-state index contributed by atoms with van der Waals surface area (Å²) >= 11 is 0. The van der Waals surface area contributed by atoms with Crippen LogP contribution in [0.1, 0.15) is 31.4 Å². The van der Waals surface area contributed by atoms with Crippen molar-refractivity contribution in [3.63, 3.8) is 0 Å². The first-order chi connectivity index (χ1) is 11.7. The van der Waals surface area contributed by atoms with E-state index in [0.717, 1.165) is 30.8 Å². The number of methoxy groups -OCH3 is 1. The molecule has 1 aromatic heterocycles. The van der Waals surface area contributed by atoms with Crippen LogP contribution < -0.4 is 9.47 Å². The van der Waals surface area contributed by atoms with Crippen LogP contribution in [0.3, 0.4) is 0 Å². The summed E-state index contributed by atoms with van der Waals surface area (Å²) in [6.45, 7) is 3.11. The summed E-state index contributed by atoms with van der Waals surface area (Å²) in [6.07, 6.45) is 5.33. The Morgan fingerprint density at radius 3 is 2.92 bits per heavy atom. The number of amides is 1. The van der Waals surface area contributed by atoms with Crippen molar-refractivity contribution in [2.45, 2.75) is 25.7 Å². The van der Waals surface area contributed by atoms with E-state index < -0.39 is 0 Å². The number of carbonyl (C=O) groups excluding carboxylic acids is 1. The Labute approximate surface area is 141 Å². The van der Waals surface area contributed by atoms with Gasteiger partial charge in [-0.3, -0.25) is 9.78 Å². The first kappa shape index (κ1) is 16.2. The summed E-state index contributed by atoms with van der Waals surface area (Å²) in [4.78, 5) is 22.3. The predicted molar refractivity (Wildman–Crippen MR) is 89.3 cm³/mol. The fourth-order valence-electron chi connectivity index (χ4n) is 2.90. The standard InChI is InChI=1S/C18H21N3O3/c1-13(22)21-8-4-5-14(12-21)17-10-19-11-18(20-17)24-16-7-3-6-15(9-16)23-2/h3,6-7,9-11,14H,4-5,8,12H2,1-2H3/t14-/m1/s1. The number of likely N-dealkylation sites (tertiary alicyclic amines) is 1. The quantitative estimate of drug-likeness (QED) is 0.864. The van der Waals surface area contributed by atoms with Gasteiger partial charge in [-0.25, -0.2) is 4.98 Å². The number of rotatable bonds is 4. The summed E-state index contributed by atoms with van der Waals surface area (Å²) in [5, 5.41) is 0. The van der Waals surface area contributed by atoms with Gasteiger partial charge in [-0.1, -0.05) is 6.07 Å². The highest BCUT2D eigenvalue weighted by Gasteiger charge is 2.24. The summed E-state index contributed by atoms with van der Waals surface area (Å²) in [6, 6.07) is 7.35. The molecule has 0 saturated carbocycles. The number of ether oxygens (including phenoxy) is 2. The largest absolute Gasteiger partial charge is 0.497 e. The average Bonchev–Trinajstić information content (AvgIpc) is 2.62. The number of carbonyl (C=O) groups is 1. The second-order valence-corrected chi connectivity index (χ2v) is 5.87. The van der Waals surface area contributed by atoms with Crippen molar-refractivity contribution in [1.82, 2.24) is 14.9 Å². The molecule has 0 unspecified atom stereocenters. The Morgan fingerprint density at radius 1 is 1.29 bits per heavy atom. The number of hydrogen-bond donors (Lipinski definition) is 0. The van der Waals surface area contributed by atoms with Gasteiger partial charge in [0.1, 0.15) is 11.5 Å². The van der Waals surface area contributed by atoms with Crippen LogP contribution in [-0.4, -0.2) is 41.0 Å². The van der Waals surface area contributed by atoms with Gasteiger partial charge in [0.25, 0.3) is 0 Å². The Kier molecular flexibility index (Phi) is 4.93. The molecule has 2 aromatic rings. The molecule has 0 N–H and O–H groups in total. The van der Waals surface area contributed by atoms with E-state index in [1.54, 1.807) is 32.5 Å². The molecule has 1 saturated heterocycles. The van der Waals surface area contributed by atoms with Crippen molar-refractivity contribution in [3.8, 4) is 17.4 Å². The maximum atomic E-state index is 11.6. The van der Waals surface area contributed by atoms with E-state index >= 15 is 0 Å². The van der Waals surface area contributed by atoms with Gasteiger partial charge in [-0.15, -0.1) is 0 Å². The fraction of sp³-hybridized carbons (Fsp3) is 0.389. The zero-order valence-electron chi connectivity index (χ0n) is 13.9. The van der Waals surface area contributed by atoms with E-state index in [0.29, 0.717) is 18.2 Å². The van der Waals surface area contributed by atoms with Gasteiger partial charge in [-0.05, 0) is 25.0 Å². The third-order valence-electron chi connectivity index (χ3n) is 4.18. The van der Waals surface area contributed by atoms with Crippen molar-refractivity contribution < 1.29 is 14.3 Å². The van der Waals surface area contributed by atoms with Crippen molar-refractivity contribution in [1.29, 1.82) is 0 Å². The molecule has 1 aromatic carbocycles. The zero-order chi connectivity index (χ0) is 16.9. The molecule has 1 fully saturated rings. The number of piperidine rings is 1. The molecule has 0 aliphatic carbocycles. The Morgan fingerprint density at radius 2 is 2.12 bits per heavy atom. The lowest BCUT2D eigenvalue weighted by Gasteiger charge is -2.31. The number of aromatic nitrogens is 2. The normalized spacial score (nSPS) is 17.4. The topological polar surface area (TPSA) is 64.6 Å². The van der Waals surface area contributed by atoms with E-state index in [1.165, 1.54) is 0 Å². The van der Waals surface area contributed by atoms with Gasteiger partial charge in [0.05, 0.1) is 19.0 Å². The molecular formula is C18H21N3O3. The van der Waals surface area contributed by atoms with Gasteiger partial charge in [0.15, 0.2) is 0 Å². The van der Waals surface area contributed by atoms with Crippen LogP contribution in [0, 0.1) is 0 Å². The predicted octanol–water partition coefficient (Wildman–Crippen LogP) is 3.00. The van der Waals surface area contributed by atoms with Crippen LogP contribution in [0.4, 0.5) is 0 Å². The van der Waals surface area contributed by atoms with Gasteiger partial charge in [0, 0.05) is 38.2 Å². The molecule has 1 aliphatic rings. The molecule has 0 spiro atoms. The minimum atomic E-state index is 0.108. The molecule has 1 aliphatic heterocycles. The van der Waals surface area contributed by atoms with Crippen LogP contribution >= 0.6 is 0 Å².